The molecule has 0 saturated heterocycles. The Morgan fingerprint density at radius 1 is 1.14 bits per heavy atom. The van der Waals surface area contributed by atoms with Gasteiger partial charge in [-0.05, 0) is 90.4 Å². The minimum atomic E-state index is -0.776. The van der Waals surface area contributed by atoms with Crippen molar-refractivity contribution in [3.05, 3.63) is 34.9 Å². The topological polar surface area (TPSA) is 87.7 Å². The van der Waals surface area contributed by atoms with Crippen LogP contribution in [-0.4, -0.2) is 58.5 Å². The van der Waals surface area contributed by atoms with Crippen LogP contribution in [-0.2, 0) is 14.3 Å². The van der Waals surface area contributed by atoms with E-state index in [4.69, 9.17) is 4.74 Å². The second-order valence-corrected chi connectivity index (χ2v) is 11.9. The first-order valence-corrected chi connectivity index (χ1v) is 14.5. The minimum Gasteiger partial charge on any atom is -0.444 e. The van der Waals surface area contributed by atoms with Gasteiger partial charge in [0.05, 0.1) is 0 Å². The summed E-state index contributed by atoms with van der Waals surface area (Å²) in [4.78, 5) is 42.2. The standard InChI is InChI=1S/C28H45N3O4S/c1-9-10-20(4)29-25(32)24(22-14-11-18(2)17-19(22)3)31(21-12-13-21)26(33)23(15-16-36-8)30-27(34)35-28(5,6)7/h11,14,17,20-21,23-24H,9-10,12-13,15-16H2,1-8H3,(H,29,32)(H,30,34). The number of ether oxygens (including phenoxy) is 1. The van der Waals surface area contributed by atoms with Crippen LogP contribution in [0.2, 0.25) is 0 Å². The lowest BCUT2D eigenvalue weighted by Crippen LogP contribution is -2.54. The molecule has 0 aliphatic heterocycles. The lowest BCUT2D eigenvalue weighted by molar-refractivity contribution is -0.143. The van der Waals surface area contributed by atoms with E-state index in [9.17, 15) is 14.4 Å². The Balaban J connectivity index is 2.46. The fourth-order valence-corrected chi connectivity index (χ4v) is 4.84. The molecule has 0 spiro atoms. The molecule has 1 saturated carbocycles. The maximum Gasteiger partial charge on any atom is 0.408 e. The number of hydrogen-bond donors (Lipinski definition) is 2. The zero-order valence-corrected chi connectivity index (χ0v) is 24.1. The van der Waals surface area contributed by atoms with E-state index >= 15 is 0 Å². The molecule has 1 aromatic carbocycles. The Morgan fingerprint density at radius 3 is 2.33 bits per heavy atom. The van der Waals surface area contributed by atoms with Gasteiger partial charge in [-0.15, -0.1) is 0 Å². The van der Waals surface area contributed by atoms with E-state index in [1.807, 2.05) is 45.2 Å². The zero-order chi connectivity index (χ0) is 27.0. The summed E-state index contributed by atoms with van der Waals surface area (Å²) in [7, 11) is 0. The third-order valence-corrected chi connectivity index (χ3v) is 6.80. The molecule has 0 radical (unpaired) electrons. The maximum atomic E-state index is 14.1. The summed E-state index contributed by atoms with van der Waals surface area (Å²) in [6.45, 7) is 13.5. The second-order valence-electron chi connectivity index (χ2n) is 10.9. The molecule has 0 heterocycles. The first-order valence-electron chi connectivity index (χ1n) is 13.1. The van der Waals surface area contributed by atoms with Gasteiger partial charge in [0.1, 0.15) is 17.7 Å². The summed E-state index contributed by atoms with van der Waals surface area (Å²) in [5, 5.41) is 5.95. The van der Waals surface area contributed by atoms with Crippen molar-refractivity contribution in [1.82, 2.24) is 15.5 Å². The van der Waals surface area contributed by atoms with Crippen LogP contribution >= 0.6 is 11.8 Å². The third kappa shape index (κ3) is 9.02. The molecule has 3 atom stereocenters. The van der Waals surface area contributed by atoms with E-state index in [0.717, 1.165) is 42.4 Å². The summed E-state index contributed by atoms with van der Waals surface area (Å²) in [5.74, 6) is 0.281. The van der Waals surface area contributed by atoms with Crippen LogP contribution < -0.4 is 10.6 Å². The van der Waals surface area contributed by atoms with Gasteiger partial charge in [-0.3, -0.25) is 9.59 Å². The highest BCUT2D eigenvalue weighted by Crippen LogP contribution is 2.37. The Labute approximate surface area is 221 Å². The van der Waals surface area contributed by atoms with Crippen molar-refractivity contribution in [3.8, 4) is 0 Å². The van der Waals surface area contributed by atoms with Crippen LogP contribution in [0.25, 0.3) is 0 Å². The van der Waals surface area contributed by atoms with Gasteiger partial charge in [0.25, 0.3) is 0 Å². The smallest absolute Gasteiger partial charge is 0.408 e. The number of nitrogens with one attached hydrogen (secondary N) is 2. The minimum absolute atomic E-state index is 0.000846. The Kier molecular flexibility index (Phi) is 11.1. The molecule has 1 aromatic rings. The molecule has 202 valence electrons. The number of amides is 3. The molecular formula is C28H45N3O4S. The number of thioether (sulfide) groups is 1. The number of nitrogens with zero attached hydrogens (tertiary/aromatic N) is 1. The van der Waals surface area contributed by atoms with Gasteiger partial charge in [-0.1, -0.05) is 37.1 Å². The first kappa shape index (κ1) is 30.0. The fraction of sp³-hybridized carbons (Fsp3) is 0.679. The summed E-state index contributed by atoms with van der Waals surface area (Å²) in [5.41, 5.74) is 2.22. The highest BCUT2D eigenvalue weighted by molar-refractivity contribution is 7.98. The largest absolute Gasteiger partial charge is 0.444 e. The number of alkyl carbamates (subject to hydrolysis) is 1. The van der Waals surface area contributed by atoms with Crippen molar-refractivity contribution in [2.45, 2.75) is 110 Å². The number of benzene rings is 1. The summed E-state index contributed by atoms with van der Waals surface area (Å²) >= 11 is 1.61. The average molecular weight is 520 g/mol. The molecule has 1 fully saturated rings. The van der Waals surface area contributed by atoms with Crippen LogP contribution in [0, 0.1) is 13.8 Å². The van der Waals surface area contributed by atoms with Gasteiger partial charge in [-0.2, -0.15) is 11.8 Å². The normalized spacial score (nSPS) is 16.0. The van der Waals surface area contributed by atoms with E-state index in [2.05, 4.69) is 17.6 Å². The Hall–Kier alpha value is -2.22. The monoisotopic (exact) mass is 519 g/mol. The molecule has 36 heavy (non-hydrogen) atoms. The molecule has 3 unspecified atom stereocenters. The lowest BCUT2D eigenvalue weighted by atomic mass is 9.95. The SMILES string of the molecule is CCCC(C)NC(=O)C(c1ccc(C)cc1C)N(C(=O)C(CCSC)NC(=O)OC(C)(C)C)C1CC1. The van der Waals surface area contributed by atoms with Gasteiger partial charge in [0.2, 0.25) is 11.8 Å². The Bertz CT molecular complexity index is 911. The lowest BCUT2D eigenvalue weighted by Gasteiger charge is -2.36. The number of carbonyl (C=O) groups is 3. The number of aryl methyl sites for hydroxylation is 2. The quantitative estimate of drug-likeness (QED) is 0.392. The molecule has 2 N–H and O–H groups in total. The van der Waals surface area contributed by atoms with E-state index in [1.165, 1.54) is 0 Å². The second kappa shape index (κ2) is 13.4. The molecular weight excluding hydrogens is 474 g/mol. The van der Waals surface area contributed by atoms with Crippen molar-refractivity contribution >= 4 is 29.7 Å². The molecule has 0 aromatic heterocycles. The fourth-order valence-electron chi connectivity index (χ4n) is 4.37. The van der Waals surface area contributed by atoms with Crippen LogP contribution in [0.4, 0.5) is 4.79 Å². The van der Waals surface area contributed by atoms with Crippen LogP contribution in [0.1, 0.15) is 89.5 Å². The van der Waals surface area contributed by atoms with Gasteiger partial charge >= 0.3 is 6.09 Å². The number of rotatable bonds is 12. The van der Waals surface area contributed by atoms with E-state index in [0.29, 0.717) is 12.2 Å². The average Bonchev–Trinajstić information content (AvgIpc) is 3.59. The van der Waals surface area contributed by atoms with Crippen molar-refractivity contribution in [2.75, 3.05) is 12.0 Å². The molecule has 0 bridgehead atoms. The highest BCUT2D eigenvalue weighted by atomic mass is 32.2. The van der Waals surface area contributed by atoms with Crippen molar-refractivity contribution < 1.29 is 19.1 Å². The first-order chi connectivity index (χ1) is 16.9. The molecule has 1 aliphatic rings. The van der Waals surface area contributed by atoms with Crippen LogP contribution in [0.3, 0.4) is 0 Å². The number of carbonyl (C=O) groups excluding carboxylic acids is 3. The maximum absolute atomic E-state index is 14.1. The zero-order valence-electron chi connectivity index (χ0n) is 23.3. The third-order valence-electron chi connectivity index (χ3n) is 6.15. The van der Waals surface area contributed by atoms with Crippen molar-refractivity contribution in [1.29, 1.82) is 0 Å². The predicted octanol–water partition coefficient (Wildman–Crippen LogP) is 5.29. The van der Waals surface area contributed by atoms with E-state index < -0.39 is 23.8 Å². The van der Waals surface area contributed by atoms with Gasteiger partial charge in [-0.25, -0.2) is 4.79 Å². The van der Waals surface area contributed by atoms with Crippen LogP contribution in [0.5, 0.6) is 0 Å². The molecule has 7 nitrogen and oxygen atoms in total. The summed E-state index contributed by atoms with van der Waals surface area (Å²) in [6, 6.07) is 4.42. The van der Waals surface area contributed by atoms with Gasteiger partial charge in [0.15, 0.2) is 0 Å². The van der Waals surface area contributed by atoms with E-state index in [1.54, 1.807) is 37.4 Å². The highest BCUT2D eigenvalue weighted by Gasteiger charge is 2.44. The molecule has 8 heteroatoms. The van der Waals surface area contributed by atoms with E-state index in [-0.39, 0.29) is 23.9 Å². The molecule has 1 aliphatic carbocycles. The summed E-state index contributed by atoms with van der Waals surface area (Å²) in [6.07, 6.45) is 5.29. The number of hydrogen-bond acceptors (Lipinski definition) is 5. The van der Waals surface area contributed by atoms with Gasteiger partial charge in [0, 0.05) is 12.1 Å². The molecule has 2 rings (SSSR count). The molecule has 3 amide bonds. The van der Waals surface area contributed by atoms with Crippen molar-refractivity contribution in [2.24, 2.45) is 0 Å². The predicted molar refractivity (Wildman–Crippen MR) is 147 cm³/mol. The summed E-state index contributed by atoms with van der Waals surface area (Å²) < 4.78 is 5.45. The van der Waals surface area contributed by atoms with Crippen LogP contribution in [0.15, 0.2) is 18.2 Å². The van der Waals surface area contributed by atoms with Crippen molar-refractivity contribution in [3.63, 3.8) is 0 Å². The van der Waals surface area contributed by atoms with Gasteiger partial charge < -0.3 is 20.3 Å². The Morgan fingerprint density at radius 2 is 1.81 bits per heavy atom.